The minimum Gasteiger partial charge on any atom is -0.496 e. The third-order valence-corrected chi connectivity index (χ3v) is 4.13. The molecular weight excluding hydrogens is 258 g/mol. The normalized spacial score (nSPS) is 17.1. The third-order valence-electron chi connectivity index (χ3n) is 4.13. The highest BCUT2D eigenvalue weighted by Crippen LogP contribution is 2.36. The number of aliphatic imine (C=N–C) groups is 1. The average Bonchev–Trinajstić information content (AvgIpc) is 2.47. The van der Waals surface area contributed by atoms with Gasteiger partial charge in [0.05, 0.1) is 13.2 Å². The Bertz CT molecular complexity index is 698. The van der Waals surface area contributed by atoms with Crippen LogP contribution in [0, 0.1) is 6.92 Å². The van der Waals surface area contributed by atoms with Crippen LogP contribution in [-0.2, 0) is 6.42 Å². The van der Waals surface area contributed by atoms with E-state index in [0.717, 1.165) is 17.9 Å². The first kappa shape index (κ1) is 13.9. The summed E-state index contributed by atoms with van der Waals surface area (Å²) in [5.41, 5.74) is 7.46. The molecule has 0 fully saturated rings. The summed E-state index contributed by atoms with van der Waals surface area (Å²) in [4.78, 5) is 4.72. The molecule has 2 aromatic carbocycles. The van der Waals surface area contributed by atoms with E-state index >= 15 is 0 Å². The van der Waals surface area contributed by atoms with Crippen LogP contribution in [-0.4, -0.2) is 18.9 Å². The van der Waals surface area contributed by atoms with Gasteiger partial charge in [-0.25, -0.2) is 0 Å². The summed E-state index contributed by atoms with van der Waals surface area (Å²) in [7, 11) is 1.73. The highest BCUT2D eigenvalue weighted by Gasteiger charge is 2.23. The second-order valence-corrected chi connectivity index (χ2v) is 5.80. The molecule has 2 nitrogen and oxygen atoms in total. The number of hydrogen-bond donors (Lipinski definition) is 0. The summed E-state index contributed by atoms with van der Waals surface area (Å²) in [6, 6.07) is 13.3. The minimum absolute atomic E-state index is 0.328. The molecule has 0 unspecified atom stereocenters. The molecular formula is C19H21NO. The van der Waals surface area contributed by atoms with Crippen LogP contribution in [0.4, 0.5) is 0 Å². The fourth-order valence-electron chi connectivity index (χ4n) is 3.14. The molecule has 0 bridgehead atoms. The van der Waals surface area contributed by atoms with Gasteiger partial charge in [0.15, 0.2) is 0 Å². The van der Waals surface area contributed by atoms with Crippen molar-refractivity contribution in [2.24, 2.45) is 4.99 Å². The Hall–Kier alpha value is -2.09. The SMILES string of the molecule is COc1ccc(-c2ccc(C)cc2)c2c1C(C)=N[C@H](C)C2. The van der Waals surface area contributed by atoms with Gasteiger partial charge in [-0.2, -0.15) is 0 Å². The van der Waals surface area contributed by atoms with Gasteiger partial charge in [0.1, 0.15) is 5.75 Å². The van der Waals surface area contributed by atoms with Crippen LogP contribution in [0.1, 0.15) is 30.5 Å². The molecule has 0 aliphatic carbocycles. The van der Waals surface area contributed by atoms with Crippen LogP contribution >= 0.6 is 0 Å². The predicted molar refractivity (Wildman–Crippen MR) is 88.5 cm³/mol. The highest BCUT2D eigenvalue weighted by molar-refractivity contribution is 6.05. The van der Waals surface area contributed by atoms with Gasteiger partial charge in [-0.3, -0.25) is 4.99 Å². The Morgan fingerprint density at radius 2 is 1.76 bits per heavy atom. The van der Waals surface area contributed by atoms with Crippen LogP contribution in [0.15, 0.2) is 41.4 Å². The van der Waals surface area contributed by atoms with E-state index < -0.39 is 0 Å². The molecule has 1 atom stereocenters. The van der Waals surface area contributed by atoms with Crippen LogP contribution in [0.2, 0.25) is 0 Å². The van der Waals surface area contributed by atoms with Gasteiger partial charge in [0.2, 0.25) is 0 Å². The number of ether oxygens (including phenoxy) is 1. The maximum atomic E-state index is 5.55. The minimum atomic E-state index is 0.328. The van der Waals surface area contributed by atoms with Crippen molar-refractivity contribution in [1.29, 1.82) is 0 Å². The molecule has 0 radical (unpaired) electrons. The standard InChI is InChI=1S/C19H21NO/c1-12-5-7-15(8-6-12)16-9-10-18(21-4)19-14(3)20-13(2)11-17(16)19/h5-10,13H,11H2,1-4H3/t13-/m1/s1. The number of rotatable bonds is 2. The first-order valence-corrected chi connectivity index (χ1v) is 7.42. The van der Waals surface area contributed by atoms with Crippen molar-refractivity contribution < 1.29 is 4.74 Å². The largest absolute Gasteiger partial charge is 0.496 e. The summed E-state index contributed by atoms with van der Waals surface area (Å²) < 4.78 is 5.55. The monoisotopic (exact) mass is 279 g/mol. The van der Waals surface area contributed by atoms with Gasteiger partial charge in [0, 0.05) is 11.3 Å². The smallest absolute Gasteiger partial charge is 0.128 e. The number of benzene rings is 2. The molecule has 3 rings (SSSR count). The first-order chi connectivity index (χ1) is 10.1. The molecule has 2 heteroatoms. The van der Waals surface area contributed by atoms with Crippen molar-refractivity contribution >= 4 is 5.71 Å². The fraction of sp³-hybridized carbons (Fsp3) is 0.316. The molecule has 0 aromatic heterocycles. The molecule has 0 saturated heterocycles. The fourth-order valence-corrected chi connectivity index (χ4v) is 3.14. The first-order valence-electron chi connectivity index (χ1n) is 7.42. The molecule has 0 amide bonds. The van der Waals surface area contributed by atoms with E-state index in [1.807, 2.05) is 0 Å². The highest BCUT2D eigenvalue weighted by atomic mass is 16.5. The number of aryl methyl sites for hydroxylation is 1. The molecule has 0 spiro atoms. The molecule has 0 saturated carbocycles. The summed E-state index contributed by atoms with van der Waals surface area (Å²) >= 11 is 0. The van der Waals surface area contributed by atoms with Crippen molar-refractivity contribution in [2.45, 2.75) is 33.2 Å². The lowest BCUT2D eigenvalue weighted by molar-refractivity contribution is 0.413. The van der Waals surface area contributed by atoms with E-state index in [-0.39, 0.29) is 0 Å². The Kier molecular flexibility index (Phi) is 3.54. The second-order valence-electron chi connectivity index (χ2n) is 5.80. The zero-order valence-electron chi connectivity index (χ0n) is 13.1. The van der Waals surface area contributed by atoms with Crippen molar-refractivity contribution in [3.05, 3.63) is 53.1 Å². The van der Waals surface area contributed by atoms with E-state index in [0.29, 0.717) is 6.04 Å². The van der Waals surface area contributed by atoms with Gasteiger partial charge in [-0.05, 0) is 49.9 Å². The lowest BCUT2D eigenvalue weighted by Gasteiger charge is -2.24. The second kappa shape index (κ2) is 5.36. The zero-order chi connectivity index (χ0) is 15.0. The summed E-state index contributed by atoms with van der Waals surface area (Å²) in [5.74, 6) is 0.925. The number of methoxy groups -OCH3 is 1. The Morgan fingerprint density at radius 3 is 2.43 bits per heavy atom. The molecule has 108 valence electrons. The van der Waals surface area contributed by atoms with Crippen molar-refractivity contribution in [1.82, 2.24) is 0 Å². The predicted octanol–water partition coefficient (Wildman–Crippen LogP) is 4.42. The van der Waals surface area contributed by atoms with Crippen molar-refractivity contribution in [3.63, 3.8) is 0 Å². The summed E-state index contributed by atoms with van der Waals surface area (Å²) in [5, 5.41) is 0. The third kappa shape index (κ3) is 2.46. The van der Waals surface area contributed by atoms with Crippen LogP contribution < -0.4 is 4.74 Å². The Morgan fingerprint density at radius 1 is 1.05 bits per heavy atom. The van der Waals surface area contributed by atoms with Gasteiger partial charge in [-0.15, -0.1) is 0 Å². The molecule has 2 aromatic rings. The number of fused-ring (bicyclic) bond motifs is 1. The molecule has 1 aliphatic heterocycles. The summed E-state index contributed by atoms with van der Waals surface area (Å²) in [6.07, 6.45) is 0.965. The quantitative estimate of drug-likeness (QED) is 0.797. The molecule has 21 heavy (non-hydrogen) atoms. The summed E-state index contributed by atoms with van der Waals surface area (Å²) in [6.45, 7) is 6.37. The van der Waals surface area contributed by atoms with Gasteiger partial charge in [-0.1, -0.05) is 35.9 Å². The lowest BCUT2D eigenvalue weighted by Crippen LogP contribution is -2.18. The maximum absolute atomic E-state index is 5.55. The average molecular weight is 279 g/mol. The van der Waals surface area contributed by atoms with Crippen LogP contribution in [0.3, 0.4) is 0 Å². The van der Waals surface area contributed by atoms with E-state index in [1.165, 1.54) is 27.8 Å². The van der Waals surface area contributed by atoms with E-state index in [9.17, 15) is 0 Å². The van der Waals surface area contributed by atoms with Crippen LogP contribution in [0.25, 0.3) is 11.1 Å². The lowest BCUT2D eigenvalue weighted by atomic mass is 9.87. The van der Waals surface area contributed by atoms with Crippen molar-refractivity contribution in [3.8, 4) is 16.9 Å². The molecule has 1 aliphatic rings. The van der Waals surface area contributed by atoms with Gasteiger partial charge < -0.3 is 4.74 Å². The molecule has 1 heterocycles. The van der Waals surface area contributed by atoms with E-state index in [4.69, 9.17) is 9.73 Å². The maximum Gasteiger partial charge on any atom is 0.128 e. The number of nitrogens with zero attached hydrogens (tertiary/aromatic N) is 1. The van der Waals surface area contributed by atoms with E-state index in [1.54, 1.807) is 7.11 Å². The van der Waals surface area contributed by atoms with E-state index in [2.05, 4.69) is 57.2 Å². The topological polar surface area (TPSA) is 21.6 Å². The van der Waals surface area contributed by atoms with Gasteiger partial charge >= 0.3 is 0 Å². The Labute approximate surface area is 126 Å². The molecule has 0 N–H and O–H groups in total. The van der Waals surface area contributed by atoms with Crippen molar-refractivity contribution in [2.75, 3.05) is 7.11 Å². The number of hydrogen-bond acceptors (Lipinski definition) is 2. The Balaban J connectivity index is 2.22. The zero-order valence-corrected chi connectivity index (χ0v) is 13.1. The van der Waals surface area contributed by atoms with Gasteiger partial charge in [0.25, 0.3) is 0 Å². The van der Waals surface area contributed by atoms with Crippen LogP contribution in [0.5, 0.6) is 5.75 Å².